The number of unbranched alkanes of at least 4 members (excludes halogenated alkanes) is 1. The standard InChI is InChI=1S/C12H15ClO2S/c1-2-3-8-16(15)9-12(14)10-4-6-11(13)7-5-10/h4-7H,2-3,8-9H2,1H3. The molecule has 88 valence electrons. The van der Waals surface area contributed by atoms with E-state index >= 15 is 0 Å². The summed E-state index contributed by atoms with van der Waals surface area (Å²) in [5, 5.41) is 0.601. The van der Waals surface area contributed by atoms with Gasteiger partial charge in [0.25, 0.3) is 0 Å². The first-order valence-electron chi connectivity index (χ1n) is 5.27. The second-order valence-electron chi connectivity index (χ2n) is 3.57. The molecule has 1 unspecified atom stereocenters. The molecule has 1 atom stereocenters. The normalized spacial score (nSPS) is 12.4. The summed E-state index contributed by atoms with van der Waals surface area (Å²) in [7, 11) is -1.04. The van der Waals surface area contributed by atoms with Crippen LogP contribution < -0.4 is 0 Å². The van der Waals surface area contributed by atoms with Crippen molar-refractivity contribution in [2.45, 2.75) is 19.8 Å². The molecule has 4 heteroatoms. The van der Waals surface area contributed by atoms with Crippen LogP contribution in [0.5, 0.6) is 0 Å². The van der Waals surface area contributed by atoms with Gasteiger partial charge in [0, 0.05) is 27.1 Å². The maximum atomic E-state index is 11.7. The Morgan fingerprint density at radius 3 is 2.50 bits per heavy atom. The smallest absolute Gasteiger partial charge is 0.175 e. The van der Waals surface area contributed by atoms with E-state index in [1.807, 2.05) is 6.92 Å². The highest BCUT2D eigenvalue weighted by atomic mass is 35.5. The second-order valence-corrected chi connectivity index (χ2v) is 5.58. The minimum absolute atomic E-state index is 0.0777. The van der Waals surface area contributed by atoms with Gasteiger partial charge in [0.2, 0.25) is 0 Å². The molecule has 0 fully saturated rings. The van der Waals surface area contributed by atoms with E-state index in [1.165, 1.54) is 0 Å². The van der Waals surface area contributed by atoms with Gasteiger partial charge < -0.3 is 0 Å². The van der Waals surface area contributed by atoms with Gasteiger partial charge in [-0.25, -0.2) is 0 Å². The molecule has 0 saturated heterocycles. The molecule has 1 aromatic rings. The van der Waals surface area contributed by atoms with Crippen LogP contribution in [0.15, 0.2) is 24.3 Å². The SMILES string of the molecule is CCCCS(=O)CC(=O)c1ccc(Cl)cc1. The number of rotatable bonds is 6. The molecule has 16 heavy (non-hydrogen) atoms. The van der Waals surface area contributed by atoms with Crippen LogP contribution in [0.1, 0.15) is 30.1 Å². The molecular weight excluding hydrogens is 244 g/mol. The van der Waals surface area contributed by atoms with Gasteiger partial charge in [-0.15, -0.1) is 0 Å². The van der Waals surface area contributed by atoms with E-state index in [1.54, 1.807) is 24.3 Å². The fourth-order valence-electron chi connectivity index (χ4n) is 1.24. The van der Waals surface area contributed by atoms with Crippen LogP contribution in [0.3, 0.4) is 0 Å². The number of benzene rings is 1. The monoisotopic (exact) mass is 258 g/mol. The topological polar surface area (TPSA) is 34.1 Å². The molecule has 0 spiro atoms. The molecule has 2 nitrogen and oxygen atoms in total. The highest BCUT2D eigenvalue weighted by Crippen LogP contribution is 2.10. The number of carbonyl (C=O) groups is 1. The van der Waals surface area contributed by atoms with E-state index in [9.17, 15) is 9.00 Å². The number of Topliss-reactive ketones (excluding diaryl/α,β-unsaturated/α-hetero) is 1. The Labute approximate surface area is 103 Å². The zero-order chi connectivity index (χ0) is 12.0. The Balaban J connectivity index is 2.52. The summed E-state index contributed by atoms with van der Waals surface area (Å²) in [4.78, 5) is 11.7. The lowest BCUT2D eigenvalue weighted by molar-refractivity contribution is 0.102. The third-order valence-corrected chi connectivity index (χ3v) is 3.76. The minimum atomic E-state index is -1.04. The fraction of sp³-hybridized carbons (Fsp3) is 0.417. The van der Waals surface area contributed by atoms with E-state index in [0.29, 0.717) is 16.3 Å². The van der Waals surface area contributed by atoms with Gasteiger partial charge in [0.15, 0.2) is 5.78 Å². The van der Waals surface area contributed by atoms with Gasteiger partial charge in [-0.1, -0.05) is 24.9 Å². The summed E-state index contributed by atoms with van der Waals surface area (Å²) in [6, 6.07) is 6.68. The largest absolute Gasteiger partial charge is 0.293 e. The Bertz CT molecular complexity index is 373. The lowest BCUT2D eigenvalue weighted by atomic mass is 10.1. The average Bonchev–Trinajstić information content (AvgIpc) is 2.27. The number of hydrogen-bond acceptors (Lipinski definition) is 2. The van der Waals surface area contributed by atoms with Crippen LogP contribution in [0, 0.1) is 0 Å². The summed E-state index contributed by atoms with van der Waals surface area (Å²) in [6.45, 7) is 2.04. The van der Waals surface area contributed by atoms with E-state index in [2.05, 4.69) is 0 Å². The Morgan fingerprint density at radius 1 is 1.31 bits per heavy atom. The fourth-order valence-corrected chi connectivity index (χ4v) is 2.58. The molecule has 0 radical (unpaired) electrons. The summed E-state index contributed by atoms with van der Waals surface area (Å²) in [6.07, 6.45) is 1.90. The molecule has 0 aliphatic carbocycles. The quantitative estimate of drug-likeness (QED) is 0.735. The molecular formula is C12H15ClO2S. The van der Waals surface area contributed by atoms with Crippen molar-refractivity contribution in [3.63, 3.8) is 0 Å². The van der Waals surface area contributed by atoms with Crippen molar-refractivity contribution in [2.24, 2.45) is 0 Å². The van der Waals surface area contributed by atoms with Crippen molar-refractivity contribution >= 4 is 28.2 Å². The van der Waals surface area contributed by atoms with Crippen LogP contribution in [0.2, 0.25) is 5.02 Å². The van der Waals surface area contributed by atoms with Gasteiger partial charge >= 0.3 is 0 Å². The molecule has 0 aliphatic rings. The van der Waals surface area contributed by atoms with Gasteiger partial charge in [0.05, 0.1) is 5.75 Å². The minimum Gasteiger partial charge on any atom is -0.293 e. The Kier molecular flexibility index (Phi) is 5.71. The molecule has 1 rings (SSSR count). The van der Waals surface area contributed by atoms with E-state index < -0.39 is 10.8 Å². The highest BCUT2D eigenvalue weighted by Gasteiger charge is 2.09. The van der Waals surface area contributed by atoms with Crippen molar-refractivity contribution in [3.8, 4) is 0 Å². The molecule has 0 aromatic heterocycles. The first kappa shape index (κ1) is 13.4. The van der Waals surface area contributed by atoms with Crippen molar-refractivity contribution in [1.82, 2.24) is 0 Å². The van der Waals surface area contributed by atoms with Gasteiger partial charge in [-0.05, 0) is 30.7 Å². The number of halogens is 1. The molecule has 0 heterocycles. The van der Waals surface area contributed by atoms with Crippen molar-refractivity contribution < 1.29 is 9.00 Å². The predicted molar refractivity (Wildman–Crippen MR) is 68.6 cm³/mol. The molecule has 0 N–H and O–H groups in total. The first-order valence-corrected chi connectivity index (χ1v) is 7.14. The number of ketones is 1. The van der Waals surface area contributed by atoms with Gasteiger partial charge in [-0.3, -0.25) is 9.00 Å². The Hall–Kier alpha value is -0.670. The molecule has 0 aliphatic heterocycles. The third kappa shape index (κ3) is 4.45. The second kappa shape index (κ2) is 6.81. The van der Waals surface area contributed by atoms with Gasteiger partial charge in [0.1, 0.15) is 0 Å². The van der Waals surface area contributed by atoms with Crippen LogP contribution in [0.25, 0.3) is 0 Å². The van der Waals surface area contributed by atoms with Crippen LogP contribution in [-0.2, 0) is 10.8 Å². The van der Waals surface area contributed by atoms with E-state index in [4.69, 9.17) is 11.6 Å². The summed E-state index contributed by atoms with van der Waals surface area (Å²) in [5.41, 5.74) is 0.578. The zero-order valence-corrected chi connectivity index (χ0v) is 10.8. The maximum absolute atomic E-state index is 11.7. The molecule has 0 amide bonds. The Morgan fingerprint density at radius 2 is 1.94 bits per heavy atom. The average molecular weight is 259 g/mol. The molecule has 0 saturated carbocycles. The van der Waals surface area contributed by atoms with Crippen LogP contribution >= 0.6 is 11.6 Å². The van der Waals surface area contributed by atoms with E-state index in [0.717, 1.165) is 12.8 Å². The van der Waals surface area contributed by atoms with Crippen molar-refractivity contribution in [2.75, 3.05) is 11.5 Å². The lowest BCUT2D eigenvalue weighted by Crippen LogP contribution is -2.13. The van der Waals surface area contributed by atoms with Crippen LogP contribution in [0.4, 0.5) is 0 Å². The van der Waals surface area contributed by atoms with Crippen molar-refractivity contribution in [3.05, 3.63) is 34.9 Å². The van der Waals surface area contributed by atoms with Crippen LogP contribution in [-0.4, -0.2) is 21.5 Å². The number of hydrogen-bond donors (Lipinski definition) is 0. The van der Waals surface area contributed by atoms with Crippen molar-refractivity contribution in [1.29, 1.82) is 0 Å². The highest BCUT2D eigenvalue weighted by molar-refractivity contribution is 7.85. The van der Waals surface area contributed by atoms with E-state index in [-0.39, 0.29) is 11.5 Å². The summed E-state index contributed by atoms with van der Waals surface area (Å²) in [5.74, 6) is 0.642. The zero-order valence-electron chi connectivity index (χ0n) is 9.24. The molecule has 1 aromatic carbocycles. The summed E-state index contributed by atoms with van der Waals surface area (Å²) < 4.78 is 11.5. The first-order chi connectivity index (χ1) is 7.63. The number of carbonyl (C=O) groups excluding carboxylic acids is 1. The summed E-state index contributed by atoms with van der Waals surface area (Å²) >= 11 is 5.72. The third-order valence-electron chi connectivity index (χ3n) is 2.18. The lowest BCUT2D eigenvalue weighted by Gasteiger charge is -2.01. The molecule has 0 bridgehead atoms. The van der Waals surface area contributed by atoms with Gasteiger partial charge in [-0.2, -0.15) is 0 Å². The predicted octanol–water partition coefficient (Wildman–Crippen LogP) is 3.07. The maximum Gasteiger partial charge on any atom is 0.175 e.